The molecule has 0 aliphatic carbocycles. The van der Waals surface area contributed by atoms with Gasteiger partial charge in [0, 0.05) is 16.8 Å². The first-order valence-electron chi connectivity index (χ1n) is 11.0. The summed E-state index contributed by atoms with van der Waals surface area (Å²) >= 11 is 0. The summed E-state index contributed by atoms with van der Waals surface area (Å²) in [7, 11) is -3.80. The number of carbonyl (C=O) groups is 2. The first kappa shape index (κ1) is 23.9. The molecule has 0 saturated heterocycles. The van der Waals surface area contributed by atoms with Gasteiger partial charge in [-0.3, -0.25) is 13.9 Å². The highest BCUT2D eigenvalue weighted by Crippen LogP contribution is 2.26. The number of sulfonamides is 1. The van der Waals surface area contributed by atoms with Crippen LogP contribution in [0.15, 0.2) is 114 Å². The van der Waals surface area contributed by atoms with Crippen LogP contribution >= 0.6 is 0 Å². The third-order valence-corrected chi connectivity index (χ3v) is 7.23. The molecule has 1 amide bonds. The lowest BCUT2D eigenvalue weighted by Gasteiger charge is -2.25. The van der Waals surface area contributed by atoms with Crippen LogP contribution in [0.2, 0.25) is 0 Å². The molecule has 0 heterocycles. The Balaban J connectivity index is 1.56. The van der Waals surface area contributed by atoms with Gasteiger partial charge in [-0.15, -0.1) is 0 Å². The zero-order valence-electron chi connectivity index (χ0n) is 19.1. The topological polar surface area (TPSA) is 83.6 Å². The van der Waals surface area contributed by atoms with Gasteiger partial charge in [-0.05, 0) is 61.0 Å². The van der Waals surface area contributed by atoms with Gasteiger partial charge in [-0.1, -0.05) is 60.7 Å². The number of Topliss-reactive ketones (excluding diaryl/α,β-unsaturated/α-hetero) is 1. The number of para-hydroxylation sites is 1. The molecule has 0 aliphatic rings. The minimum atomic E-state index is -3.80. The predicted molar refractivity (Wildman–Crippen MR) is 137 cm³/mol. The Morgan fingerprint density at radius 3 is 2.00 bits per heavy atom. The number of amides is 1. The van der Waals surface area contributed by atoms with Crippen molar-refractivity contribution in [1.29, 1.82) is 0 Å². The number of benzene rings is 4. The number of ketones is 1. The number of carbonyl (C=O) groups excluding carboxylic acids is 2. The van der Waals surface area contributed by atoms with Gasteiger partial charge < -0.3 is 5.32 Å². The monoisotopic (exact) mass is 484 g/mol. The van der Waals surface area contributed by atoms with E-state index in [1.807, 2.05) is 6.07 Å². The Labute approximate surface area is 204 Å². The lowest BCUT2D eigenvalue weighted by molar-refractivity contribution is 0.101. The quantitative estimate of drug-likeness (QED) is 0.333. The van der Waals surface area contributed by atoms with Crippen LogP contribution in [0.5, 0.6) is 0 Å². The highest BCUT2D eigenvalue weighted by molar-refractivity contribution is 7.92. The molecule has 0 bridgehead atoms. The number of anilines is 2. The number of nitrogens with one attached hydrogen (secondary N) is 1. The van der Waals surface area contributed by atoms with E-state index in [-0.39, 0.29) is 23.1 Å². The van der Waals surface area contributed by atoms with E-state index < -0.39 is 10.0 Å². The van der Waals surface area contributed by atoms with E-state index in [9.17, 15) is 18.0 Å². The van der Waals surface area contributed by atoms with E-state index in [0.29, 0.717) is 22.5 Å². The average Bonchev–Trinajstić information content (AvgIpc) is 2.88. The Morgan fingerprint density at radius 1 is 0.743 bits per heavy atom. The molecule has 4 aromatic rings. The molecule has 6 nitrogen and oxygen atoms in total. The minimum Gasteiger partial charge on any atom is -0.322 e. The average molecular weight is 485 g/mol. The van der Waals surface area contributed by atoms with Crippen molar-refractivity contribution < 1.29 is 18.0 Å². The third-order valence-electron chi connectivity index (χ3n) is 5.44. The van der Waals surface area contributed by atoms with Crippen LogP contribution in [-0.4, -0.2) is 20.1 Å². The smallest absolute Gasteiger partial charge is 0.264 e. The molecule has 0 aromatic heterocycles. The van der Waals surface area contributed by atoms with Crippen LogP contribution in [0.3, 0.4) is 0 Å². The van der Waals surface area contributed by atoms with Gasteiger partial charge in [0.05, 0.1) is 17.1 Å². The number of nitrogens with zero attached hydrogens (tertiary/aromatic N) is 1. The van der Waals surface area contributed by atoms with Crippen molar-refractivity contribution in [3.63, 3.8) is 0 Å². The SMILES string of the molecule is CC(=O)c1cccc(NC(=O)c2ccc(CN(c3ccccc3)S(=O)(=O)c3ccccc3)cc2)c1. The van der Waals surface area contributed by atoms with Crippen molar-refractivity contribution in [3.8, 4) is 0 Å². The van der Waals surface area contributed by atoms with Crippen LogP contribution in [0.25, 0.3) is 0 Å². The summed E-state index contributed by atoms with van der Waals surface area (Å²) in [5.41, 5.74) is 2.72. The first-order valence-corrected chi connectivity index (χ1v) is 12.4. The van der Waals surface area contributed by atoms with Crippen LogP contribution < -0.4 is 9.62 Å². The normalized spacial score (nSPS) is 11.0. The van der Waals surface area contributed by atoms with Gasteiger partial charge >= 0.3 is 0 Å². The molecule has 1 N–H and O–H groups in total. The Kier molecular flexibility index (Phi) is 7.08. The molecule has 0 atom stereocenters. The van der Waals surface area contributed by atoms with Crippen LogP contribution in [-0.2, 0) is 16.6 Å². The van der Waals surface area contributed by atoms with Crippen molar-refractivity contribution in [3.05, 3.63) is 126 Å². The van der Waals surface area contributed by atoms with Gasteiger partial charge in [0.15, 0.2) is 5.78 Å². The molecule has 176 valence electrons. The fraction of sp³-hybridized carbons (Fsp3) is 0.0714. The van der Waals surface area contributed by atoms with Crippen molar-refractivity contribution in [2.75, 3.05) is 9.62 Å². The summed E-state index contributed by atoms with van der Waals surface area (Å²) in [6.07, 6.45) is 0. The van der Waals surface area contributed by atoms with Crippen molar-refractivity contribution in [1.82, 2.24) is 0 Å². The molecule has 0 saturated carbocycles. The number of rotatable bonds is 8. The van der Waals surface area contributed by atoms with Crippen LogP contribution in [0.4, 0.5) is 11.4 Å². The summed E-state index contributed by atoms with van der Waals surface area (Å²) in [4.78, 5) is 24.5. The van der Waals surface area contributed by atoms with Gasteiger partial charge in [0.2, 0.25) is 0 Å². The molecule has 7 heteroatoms. The van der Waals surface area contributed by atoms with Gasteiger partial charge in [-0.2, -0.15) is 0 Å². The van der Waals surface area contributed by atoms with Crippen molar-refractivity contribution >= 4 is 33.1 Å². The molecular formula is C28H24N2O4S. The standard InChI is InChI=1S/C28H24N2O4S/c1-21(31)24-9-8-10-25(19-24)29-28(32)23-17-15-22(16-18-23)20-30(26-11-4-2-5-12-26)35(33,34)27-13-6-3-7-14-27/h2-19H,20H2,1H3,(H,29,32). The van der Waals surface area contributed by atoms with E-state index in [2.05, 4.69) is 5.32 Å². The largest absolute Gasteiger partial charge is 0.322 e. The molecule has 0 spiro atoms. The lowest BCUT2D eigenvalue weighted by Crippen LogP contribution is -2.30. The zero-order chi connectivity index (χ0) is 24.8. The van der Waals surface area contributed by atoms with Crippen LogP contribution in [0.1, 0.15) is 33.2 Å². The lowest BCUT2D eigenvalue weighted by atomic mass is 10.1. The second-order valence-electron chi connectivity index (χ2n) is 7.95. The maximum Gasteiger partial charge on any atom is 0.264 e. The number of hydrogen-bond acceptors (Lipinski definition) is 4. The maximum atomic E-state index is 13.4. The maximum absolute atomic E-state index is 13.4. The fourth-order valence-electron chi connectivity index (χ4n) is 3.58. The predicted octanol–water partition coefficient (Wildman–Crippen LogP) is 5.54. The summed E-state index contributed by atoms with van der Waals surface area (Å²) in [6.45, 7) is 1.57. The summed E-state index contributed by atoms with van der Waals surface area (Å²) in [6, 6.07) is 30.7. The second kappa shape index (κ2) is 10.4. The molecule has 0 fully saturated rings. The molecule has 4 aromatic carbocycles. The summed E-state index contributed by atoms with van der Waals surface area (Å²) < 4.78 is 28.2. The zero-order valence-corrected chi connectivity index (χ0v) is 19.9. The second-order valence-corrected chi connectivity index (χ2v) is 9.81. The number of hydrogen-bond donors (Lipinski definition) is 1. The van der Waals surface area contributed by atoms with Gasteiger partial charge in [0.1, 0.15) is 0 Å². The third kappa shape index (κ3) is 5.65. The molecule has 0 unspecified atom stereocenters. The summed E-state index contributed by atoms with van der Waals surface area (Å²) in [5.74, 6) is -0.409. The van der Waals surface area contributed by atoms with E-state index in [1.165, 1.54) is 11.2 Å². The molecule has 4 rings (SSSR count). The Hall–Kier alpha value is -4.23. The molecule has 35 heavy (non-hydrogen) atoms. The van der Waals surface area contributed by atoms with E-state index in [1.54, 1.807) is 103 Å². The van der Waals surface area contributed by atoms with Gasteiger partial charge in [0.25, 0.3) is 15.9 Å². The van der Waals surface area contributed by atoms with E-state index in [4.69, 9.17) is 0 Å². The van der Waals surface area contributed by atoms with Crippen LogP contribution in [0, 0.1) is 0 Å². The molecular weight excluding hydrogens is 460 g/mol. The summed E-state index contributed by atoms with van der Waals surface area (Å²) in [5, 5.41) is 2.79. The highest BCUT2D eigenvalue weighted by Gasteiger charge is 2.25. The minimum absolute atomic E-state index is 0.0844. The molecule has 0 aliphatic heterocycles. The Morgan fingerprint density at radius 2 is 1.37 bits per heavy atom. The molecule has 0 radical (unpaired) electrons. The first-order chi connectivity index (χ1) is 16.8. The fourth-order valence-corrected chi connectivity index (χ4v) is 5.05. The van der Waals surface area contributed by atoms with E-state index >= 15 is 0 Å². The van der Waals surface area contributed by atoms with Crippen molar-refractivity contribution in [2.24, 2.45) is 0 Å². The van der Waals surface area contributed by atoms with Gasteiger partial charge in [-0.25, -0.2) is 8.42 Å². The highest BCUT2D eigenvalue weighted by atomic mass is 32.2. The van der Waals surface area contributed by atoms with Crippen molar-refractivity contribution in [2.45, 2.75) is 18.4 Å². The van der Waals surface area contributed by atoms with E-state index in [0.717, 1.165) is 5.56 Å². The Bertz CT molecular complexity index is 1440.